The summed E-state index contributed by atoms with van der Waals surface area (Å²) >= 11 is 3.42. The van der Waals surface area contributed by atoms with Crippen molar-refractivity contribution < 1.29 is 5.11 Å². The largest absolute Gasteiger partial charge is 0.384 e. The Morgan fingerprint density at radius 2 is 1.94 bits per heavy atom. The van der Waals surface area contributed by atoms with E-state index in [-0.39, 0.29) is 0 Å². The summed E-state index contributed by atoms with van der Waals surface area (Å²) < 4.78 is 0. The fraction of sp³-hybridized carbons (Fsp3) is 0.231. The van der Waals surface area contributed by atoms with Crippen molar-refractivity contribution in [2.24, 2.45) is 0 Å². The predicted molar refractivity (Wildman–Crippen MR) is 71.2 cm³/mol. The Kier molecular flexibility index (Phi) is 4.04. The van der Waals surface area contributed by atoms with Crippen LogP contribution in [0.5, 0.6) is 0 Å². The van der Waals surface area contributed by atoms with Crippen LogP contribution in [0.1, 0.15) is 24.2 Å². The van der Waals surface area contributed by atoms with Crippen molar-refractivity contribution in [3.05, 3.63) is 52.2 Å². The molecule has 1 nitrogen and oxygen atoms in total. The predicted octanol–water partition coefficient (Wildman–Crippen LogP) is 3.94. The van der Waals surface area contributed by atoms with Crippen molar-refractivity contribution in [1.82, 2.24) is 0 Å². The van der Waals surface area contributed by atoms with Crippen LogP contribution in [0, 0.1) is 0 Å². The number of aliphatic hydroxyl groups is 1. The molecule has 1 heterocycles. The maximum Gasteiger partial charge on any atom is 0.105 e. The van der Waals surface area contributed by atoms with Gasteiger partial charge in [0, 0.05) is 4.90 Å². The van der Waals surface area contributed by atoms with Crippen LogP contribution >= 0.6 is 23.1 Å². The fourth-order valence-electron chi connectivity index (χ4n) is 1.54. The van der Waals surface area contributed by atoms with Crippen molar-refractivity contribution in [2.45, 2.75) is 17.9 Å². The van der Waals surface area contributed by atoms with Gasteiger partial charge in [-0.2, -0.15) is 11.3 Å². The van der Waals surface area contributed by atoms with Gasteiger partial charge in [0.1, 0.15) is 6.10 Å². The molecule has 2 aromatic rings. The fourth-order valence-corrected chi connectivity index (χ4v) is 2.88. The molecule has 0 saturated carbocycles. The molecule has 1 N–H and O–H groups in total. The summed E-state index contributed by atoms with van der Waals surface area (Å²) in [5, 5.41) is 14.1. The zero-order valence-electron chi connectivity index (χ0n) is 9.09. The van der Waals surface area contributed by atoms with E-state index in [4.69, 9.17) is 0 Å². The van der Waals surface area contributed by atoms with Gasteiger partial charge in [-0.25, -0.2) is 0 Å². The van der Waals surface area contributed by atoms with Crippen LogP contribution in [0.2, 0.25) is 0 Å². The number of rotatable bonds is 4. The van der Waals surface area contributed by atoms with Gasteiger partial charge in [-0.15, -0.1) is 11.8 Å². The molecule has 0 spiro atoms. The maximum atomic E-state index is 10.1. The van der Waals surface area contributed by atoms with Crippen molar-refractivity contribution >= 4 is 23.1 Å². The Hall–Kier alpha value is -0.770. The van der Waals surface area contributed by atoms with Crippen molar-refractivity contribution in [3.63, 3.8) is 0 Å². The van der Waals surface area contributed by atoms with Gasteiger partial charge in [0.15, 0.2) is 0 Å². The van der Waals surface area contributed by atoms with Gasteiger partial charge in [0.2, 0.25) is 0 Å². The molecule has 1 aromatic carbocycles. The summed E-state index contributed by atoms with van der Waals surface area (Å²) in [6.45, 7) is 2.14. The Labute approximate surface area is 104 Å². The lowest BCUT2D eigenvalue weighted by molar-refractivity contribution is 0.221. The average molecular weight is 250 g/mol. The lowest BCUT2D eigenvalue weighted by Crippen LogP contribution is -1.97. The first-order valence-corrected chi connectivity index (χ1v) is 7.17. The van der Waals surface area contributed by atoms with E-state index in [1.807, 2.05) is 40.7 Å². The highest BCUT2D eigenvalue weighted by atomic mass is 32.2. The van der Waals surface area contributed by atoms with Crippen molar-refractivity contribution in [1.29, 1.82) is 0 Å². The minimum absolute atomic E-state index is 0.494. The smallest absolute Gasteiger partial charge is 0.105 e. The molecule has 0 aliphatic rings. The highest BCUT2D eigenvalue weighted by molar-refractivity contribution is 7.99. The third-order valence-electron chi connectivity index (χ3n) is 2.37. The third kappa shape index (κ3) is 2.67. The molecule has 0 radical (unpaired) electrons. The second-order valence-electron chi connectivity index (χ2n) is 3.46. The molecule has 84 valence electrons. The molecule has 0 saturated heterocycles. The van der Waals surface area contributed by atoms with Gasteiger partial charge in [0.25, 0.3) is 0 Å². The summed E-state index contributed by atoms with van der Waals surface area (Å²) in [7, 11) is 0. The number of hydrogen-bond donors (Lipinski definition) is 1. The van der Waals surface area contributed by atoms with E-state index >= 15 is 0 Å². The van der Waals surface area contributed by atoms with Crippen molar-refractivity contribution in [3.8, 4) is 0 Å². The lowest BCUT2D eigenvalue weighted by Gasteiger charge is -2.09. The number of thioether (sulfide) groups is 1. The van der Waals surface area contributed by atoms with Gasteiger partial charge in [-0.05, 0) is 45.8 Å². The zero-order chi connectivity index (χ0) is 11.4. The standard InChI is InChI=1S/C13H14OS2/c1-2-16-12-5-3-10(4-6-12)13(14)11-7-8-15-9-11/h3-9,13-14H,2H2,1H3. The molecule has 0 amide bonds. The highest BCUT2D eigenvalue weighted by Gasteiger charge is 2.10. The van der Waals surface area contributed by atoms with Gasteiger partial charge >= 0.3 is 0 Å². The Morgan fingerprint density at radius 1 is 1.19 bits per heavy atom. The van der Waals surface area contributed by atoms with Crippen LogP contribution in [-0.4, -0.2) is 10.9 Å². The highest BCUT2D eigenvalue weighted by Crippen LogP contribution is 2.26. The molecule has 0 fully saturated rings. The molecule has 1 atom stereocenters. The quantitative estimate of drug-likeness (QED) is 0.829. The normalized spacial score (nSPS) is 12.6. The second-order valence-corrected chi connectivity index (χ2v) is 5.58. The van der Waals surface area contributed by atoms with Gasteiger partial charge in [-0.3, -0.25) is 0 Å². The van der Waals surface area contributed by atoms with Crippen LogP contribution in [0.3, 0.4) is 0 Å². The van der Waals surface area contributed by atoms with Crippen LogP contribution in [0.25, 0.3) is 0 Å². The molecule has 0 bridgehead atoms. The van der Waals surface area contributed by atoms with E-state index in [0.29, 0.717) is 0 Å². The van der Waals surface area contributed by atoms with Crippen LogP contribution in [-0.2, 0) is 0 Å². The maximum absolute atomic E-state index is 10.1. The molecule has 0 aliphatic carbocycles. The summed E-state index contributed by atoms with van der Waals surface area (Å²) in [5.41, 5.74) is 1.93. The molecule has 0 aliphatic heterocycles. The van der Waals surface area contributed by atoms with Crippen LogP contribution in [0.4, 0.5) is 0 Å². The molecule has 16 heavy (non-hydrogen) atoms. The molecule has 2 rings (SSSR count). The van der Waals surface area contributed by atoms with E-state index in [1.165, 1.54) is 4.90 Å². The Morgan fingerprint density at radius 3 is 2.50 bits per heavy atom. The van der Waals surface area contributed by atoms with E-state index in [0.717, 1.165) is 16.9 Å². The molecular formula is C13H14OS2. The first kappa shape index (κ1) is 11.7. The topological polar surface area (TPSA) is 20.2 Å². The first-order chi connectivity index (χ1) is 7.81. The van der Waals surface area contributed by atoms with Gasteiger partial charge in [0.05, 0.1) is 0 Å². The molecular weight excluding hydrogens is 236 g/mol. The van der Waals surface area contributed by atoms with E-state index in [2.05, 4.69) is 19.1 Å². The number of hydrogen-bond acceptors (Lipinski definition) is 3. The second kappa shape index (κ2) is 5.53. The van der Waals surface area contributed by atoms with Crippen LogP contribution in [0.15, 0.2) is 46.0 Å². The summed E-state index contributed by atoms with van der Waals surface area (Å²) in [6.07, 6.45) is -0.494. The zero-order valence-corrected chi connectivity index (χ0v) is 10.7. The Balaban J connectivity index is 2.15. The minimum atomic E-state index is -0.494. The first-order valence-electron chi connectivity index (χ1n) is 5.24. The number of aliphatic hydroxyl groups excluding tert-OH is 1. The van der Waals surface area contributed by atoms with E-state index in [1.54, 1.807) is 11.3 Å². The van der Waals surface area contributed by atoms with E-state index in [9.17, 15) is 5.11 Å². The van der Waals surface area contributed by atoms with Crippen LogP contribution < -0.4 is 0 Å². The Bertz CT molecular complexity index is 420. The monoisotopic (exact) mass is 250 g/mol. The SMILES string of the molecule is CCSc1ccc(C(O)c2ccsc2)cc1. The average Bonchev–Trinajstić information content (AvgIpc) is 2.83. The van der Waals surface area contributed by atoms with Crippen molar-refractivity contribution in [2.75, 3.05) is 5.75 Å². The number of thiophene rings is 1. The summed E-state index contributed by atoms with van der Waals surface area (Å²) in [6, 6.07) is 10.1. The molecule has 1 aromatic heterocycles. The van der Waals surface area contributed by atoms with Gasteiger partial charge < -0.3 is 5.11 Å². The minimum Gasteiger partial charge on any atom is -0.384 e. The molecule has 3 heteroatoms. The van der Waals surface area contributed by atoms with E-state index < -0.39 is 6.10 Å². The third-order valence-corrected chi connectivity index (χ3v) is 3.96. The number of benzene rings is 1. The summed E-state index contributed by atoms with van der Waals surface area (Å²) in [4.78, 5) is 1.25. The lowest BCUT2D eigenvalue weighted by atomic mass is 10.1. The van der Waals surface area contributed by atoms with Gasteiger partial charge in [-0.1, -0.05) is 19.1 Å². The molecule has 1 unspecified atom stereocenters. The summed E-state index contributed by atoms with van der Waals surface area (Å²) in [5.74, 6) is 1.08.